The van der Waals surface area contributed by atoms with Gasteiger partial charge in [-0.15, -0.1) is 0 Å². The molecule has 5 heteroatoms. The molecule has 1 fully saturated rings. The fourth-order valence-electron chi connectivity index (χ4n) is 2.34. The molecule has 1 heterocycles. The fourth-order valence-corrected chi connectivity index (χ4v) is 2.55. The average Bonchev–Trinajstić information content (AvgIpc) is 2.89. The molecule has 0 amide bonds. The second-order valence-electron chi connectivity index (χ2n) is 4.87. The lowest BCUT2D eigenvalue weighted by atomic mass is 10.0. The maximum atomic E-state index is 5.93. The molecule has 0 N–H and O–H groups in total. The first-order valence-electron chi connectivity index (χ1n) is 7.11. The largest absolute Gasteiger partial charge is 0.342 e. The highest BCUT2D eigenvalue weighted by atomic mass is 35.5. The molecule has 0 bridgehead atoms. The van der Waals surface area contributed by atoms with E-state index in [-0.39, 0.29) is 12.9 Å². The van der Waals surface area contributed by atoms with Gasteiger partial charge in [0, 0.05) is 0 Å². The van der Waals surface area contributed by atoms with Crippen molar-refractivity contribution in [2.45, 2.75) is 38.1 Å². The van der Waals surface area contributed by atoms with Crippen LogP contribution in [-0.4, -0.2) is 25.3 Å². The molecule has 2 atom stereocenters. The van der Waals surface area contributed by atoms with Crippen molar-refractivity contribution in [3.63, 3.8) is 0 Å². The van der Waals surface area contributed by atoms with Crippen molar-refractivity contribution < 1.29 is 14.2 Å². The Balaban J connectivity index is 1.86. The molecule has 0 spiro atoms. The molecule has 116 valence electrons. The first kappa shape index (κ1) is 16.8. The van der Waals surface area contributed by atoms with E-state index in [2.05, 4.69) is 13.0 Å². The van der Waals surface area contributed by atoms with Crippen LogP contribution in [0.15, 0.2) is 46.5 Å². The van der Waals surface area contributed by atoms with E-state index in [1.165, 1.54) is 5.57 Å². The predicted molar refractivity (Wildman–Crippen MR) is 85.2 cm³/mol. The summed E-state index contributed by atoms with van der Waals surface area (Å²) < 4.78 is 17.4. The molecule has 1 aliphatic heterocycles. The highest BCUT2D eigenvalue weighted by Gasteiger charge is 2.44. The van der Waals surface area contributed by atoms with Crippen molar-refractivity contribution in [3.05, 3.63) is 46.5 Å². The molecule has 0 saturated carbocycles. The predicted octanol–water partition coefficient (Wildman–Crippen LogP) is 4.63. The van der Waals surface area contributed by atoms with E-state index < -0.39 is 5.79 Å². The van der Waals surface area contributed by atoms with Crippen LogP contribution in [0.4, 0.5) is 0 Å². The number of hydrogen-bond acceptors (Lipinski definition) is 3. The molecule has 2 rings (SSSR count). The lowest BCUT2D eigenvalue weighted by molar-refractivity contribution is -0.170. The Morgan fingerprint density at radius 3 is 3.00 bits per heavy atom. The minimum atomic E-state index is -0.774. The van der Waals surface area contributed by atoms with E-state index in [4.69, 9.17) is 37.4 Å². The Kier molecular flexibility index (Phi) is 6.52. The van der Waals surface area contributed by atoms with Gasteiger partial charge in [0.15, 0.2) is 6.79 Å². The number of rotatable bonds is 7. The number of allylic oxidation sites excluding steroid dienone is 4. The number of fused-ring (bicyclic) bond motifs is 1. The van der Waals surface area contributed by atoms with E-state index in [1.807, 2.05) is 30.4 Å². The van der Waals surface area contributed by atoms with Crippen LogP contribution in [0.1, 0.15) is 26.2 Å². The molecule has 0 aromatic carbocycles. The van der Waals surface area contributed by atoms with Gasteiger partial charge >= 0.3 is 0 Å². The monoisotopic (exact) mass is 330 g/mol. The highest BCUT2D eigenvalue weighted by molar-refractivity contribution is 6.55. The summed E-state index contributed by atoms with van der Waals surface area (Å²) in [6.07, 6.45) is 14.2. The molecule has 2 aliphatic rings. The van der Waals surface area contributed by atoms with Gasteiger partial charge in [0.05, 0.1) is 6.61 Å². The van der Waals surface area contributed by atoms with Gasteiger partial charge in [-0.25, -0.2) is 0 Å². The van der Waals surface area contributed by atoms with Crippen LogP contribution < -0.4 is 0 Å². The van der Waals surface area contributed by atoms with Crippen molar-refractivity contribution in [1.29, 1.82) is 0 Å². The van der Waals surface area contributed by atoms with E-state index >= 15 is 0 Å². The van der Waals surface area contributed by atoms with Gasteiger partial charge in [-0.1, -0.05) is 66.1 Å². The Morgan fingerprint density at radius 2 is 2.24 bits per heavy atom. The van der Waals surface area contributed by atoms with Crippen LogP contribution >= 0.6 is 23.2 Å². The zero-order chi connectivity index (χ0) is 15.1. The third kappa shape index (κ3) is 4.70. The van der Waals surface area contributed by atoms with Crippen LogP contribution in [-0.2, 0) is 14.2 Å². The summed E-state index contributed by atoms with van der Waals surface area (Å²) in [7, 11) is 0. The minimum Gasteiger partial charge on any atom is -0.342 e. The summed E-state index contributed by atoms with van der Waals surface area (Å²) in [5.41, 5.74) is 1.31. The summed E-state index contributed by atoms with van der Waals surface area (Å²) in [6.45, 7) is 2.86. The van der Waals surface area contributed by atoms with Crippen molar-refractivity contribution in [3.8, 4) is 0 Å². The van der Waals surface area contributed by atoms with E-state index in [1.54, 1.807) is 0 Å². The molecule has 0 aromatic rings. The first-order valence-corrected chi connectivity index (χ1v) is 7.86. The summed E-state index contributed by atoms with van der Waals surface area (Å²) in [5.74, 6) is -0.774. The summed E-state index contributed by atoms with van der Waals surface area (Å²) >= 11 is 11.2. The van der Waals surface area contributed by atoms with Gasteiger partial charge < -0.3 is 14.2 Å². The molecule has 3 nitrogen and oxygen atoms in total. The lowest BCUT2D eigenvalue weighted by Gasteiger charge is -2.29. The standard InChI is InChI=1S/C16H20Cl2O3/c1-2-13(6-5-8-15(17)18)9-11-20-16-10-4-3-7-14(16)19-12-21-16/h3-4,7-10,14H,2,5-6,11-12H2,1H3. The van der Waals surface area contributed by atoms with Gasteiger partial charge in [0.2, 0.25) is 5.79 Å². The summed E-state index contributed by atoms with van der Waals surface area (Å²) in [4.78, 5) is 0. The SMILES string of the molecule is CCC(=CCOC12C=CC=CC1OCO2)CCC=C(Cl)Cl. The normalized spacial score (nSPS) is 27.8. The van der Waals surface area contributed by atoms with Gasteiger partial charge in [-0.05, 0) is 25.3 Å². The molecular formula is C16H20Cl2O3. The minimum absolute atomic E-state index is 0.168. The van der Waals surface area contributed by atoms with Crippen LogP contribution in [0.2, 0.25) is 0 Å². The summed E-state index contributed by atoms with van der Waals surface area (Å²) in [6, 6.07) is 0. The van der Waals surface area contributed by atoms with Gasteiger partial charge in [-0.3, -0.25) is 0 Å². The zero-order valence-electron chi connectivity index (χ0n) is 12.1. The van der Waals surface area contributed by atoms with Crippen LogP contribution in [0.5, 0.6) is 0 Å². The first-order chi connectivity index (χ1) is 10.2. The number of ether oxygens (including phenoxy) is 3. The third-order valence-corrected chi connectivity index (χ3v) is 3.86. The van der Waals surface area contributed by atoms with Crippen molar-refractivity contribution in [2.24, 2.45) is 0 Å². The zero-order valence-corrected chi connectivity index (χ0v) is 13.6. The summed E-state index contributed by atoms with van der Waals surface area (Å²) in [5, 5.41) is 0. The van der Waals surface area contributed by atoms with E-state index in [9.17, 15) is 0 Å². The Labute approximate surface area is 135 Å². The average molecular weight is 331 g/mol. The second-order valence-corrected chi connectivity index (χ2v) is 5.88. The third-order valence-electron chi connectivity index (χ3n) is 3.55. The Morgan fingerprint density at radius 1 is 1.38 bits per heavy atom. The van der Waals surface area contributed by atoms with Crippen LogP contribution in [0.3, 0.4) is 0 Å². The number of hydrogen-bond donors (Lipinski definition) is 0. The molecule has 2 unspecified atom stereocenters. The fraction of sp³-hybridized carbons (Fsp3) is 0.500. The Hall–Kier alpha value is -0.580. The smallest absolute Gasteiger partial charge is 0.221 e. The van der Waals surface area contributed by atoms with Crippen LogP contribution in [0, 0.1) is 0 Å². The molecule has 1 aliphatic carbocycles. The maximum Gasteiger partial charge on any atom is 0.221 e. The van der Waals surface area contributed by atoms with Crippen molar-refractivity contribution in [1.82, 2.24) is 0 Å². The topological polar surface area (TPSA) is 27.7 Å². The van der Waals surface area contributed by atoms with E-state index in [0.29, 0.717) is 11.1 Å². The Bertz CT molecular complexity index is 464. The maximum absolute atomic E-state index is 5.93. The molecule has 0 radical (unpaired) electrons. The van der Waals surface area contributed by atoms with Crippen LogP contribution in [0.25, 0.3) is 0 Å². The van der Waals surface area contributed by atoms with Gasteiger partial charge in [0.25, 0.3) is 0 Å². The lowest BCUT2D eigenvalue weighted by Crippen LogP contribution is -2.40. The van der Waals surface area contributed by atoms with Crippen molar-refractivity contribution in [2.75, 3.05) is 13.4 Å². The quantitative estimate of drug-likeness (QED) is 0.637. The molecular weight excluding hydrogens is 311 g/mol. The van der Waals surface area contributed by atoms with Gasteiger partial charge in [-0.2, -0.15) is 0 Å². The highest BCUT2D eigenvalue weighted by Crippen LogP contribution is 2.32. The molecule has 1 saturated heterocycles. The second kappa shape index (κ2) is 8.16. The molecule has 21 heavy (non-hydrogen) atoms. The molecule has 0 aromatic heterocycles. The van der Waals surface area contributed by atoms with E-state index in [0.717, 1.165) is 19.3 Å². The van der Waals surface area contributed by atoms with Gasteiger partial charge in [0.1, 0.15) is 10.6 Å². The number of halogens is 2. The van der Waals surface area contributed by atoms with Crippen molar-refractivity contribution >= 4 is 23.2 Å².